The van der Waals surface area contributed by atoms with E-state index in [1.54, 1.807) is 6.92 Å². The van der Waals surface area contributed by atoms with Gasteiger partial charge in [-0.25, -0.2) is 4.79 Å². The number of benzene rings is 1. The van der Waals surface area contributed by atoms with Gasteiger partial charge < -0.3 is 19.4 Å². The smallest absolute Gasteiger partial charge is 0.333 e. The van der Waals surface area contributed by atoms with Gasteiger partial charge in [-0.2, -0.15) is 0 Å². The van der Waals surface area contributed by atoms with Crippen molar-refractivity contribution in [2.75, 3.05) is 13.2 Å². The number of epoxide rings is 1. The Morgan fingerprint density at radius 1 is 1.43 bits per heavy atom. The van der Waals surface area contributed by atoms with Gasteiger partial charge in [-0.3, -0.25) is 0 Å². The summed E-state index contributed by atoms with van der Waals surface area (Å²) in [5, 5.41) is 9.97. The molecule has 1 fully saturated rings. The van der Waals surface area contributed by atoms with E-state index in [0.717, 1.165) is 11.6 Å². The molecule has 0 bridgehead atoms. The first-order valence-corrected chi connectivity index (χ1v) is 6.37. The monoisotopic (exact) mass is 289 g/mol. The fourth-order valence-electron chi connectivity index (χ4n) is 1.18. The van der Waals surface area contributed by atoms with E-state index in [9.17, 15) is 14.7 Å². The quantitative estimate of drug-likeness (QED) is 0.458. The van der Waals surface area contributed by atoms with Crippen molar-refractivity contribution >= 4 is 18.0 Å². The largest absolute Gasteiger partial charge is 0.545 e. The van der Waals surface area contributed by atoms with E-state index in [0.29, 0.717) is 18.8 Å². The molecule has 112 valence electrons. The van der Waals surface area contributed by atoms with Crippen LogP contribution in [0.1, 0.15) is 12.5 Å². The average Bonchev–Trinajstić information content (AvgIpc) is 3.28. The number of carbonyl (C=O) groups is 2. The van der Waals surface area contributed by atoms with Crippen molar-refractivity contribution in [3.05, 3.63) is 54.1 Å². The highest BCUT2D eigenvalue weighted by Crippen LogP contribution is 2.09. The van der Waals surface area contributed by atoms with Crippen molar-refractivity contribution in [1.29, 1.82) is 0 Å². The minimum absolute atomic E-state index is 0.142. The Hall–Kier alpha value is -2.40. The van der Waals surface area contributed by atoms with E-state index in [2.05, 4.69) is 6.58 Å². The molecular formula is C16H17O5-. The maximum Gasteiger partial charge on any atom is 0.333 e. The highest BCUT2D eigenvalue weighted by Gasteiger charge is 2.24. The van der Waals surface area contributed by atoms with Crippen LogP contribution in [0, 0.1) is 0 Å². The van der Waals surface area contributed by atoms with Gasteiger partial charge in [0.15, 0.2) is 0 Å². The molecule has 5 nitrogen and oxygen atoms in total. The van der Waals surface area contributed by atoms with Crippen LogP contribution in [0.15, 0.2) is 48.6 Å². The van der Waals surface area contributed by atoms with Crippen molar-refractivity contribution in [3.8, 4) is 0 Å². The molecule has 0 aliphatic carbocycles. The van der Waals surface area contributed by atoms with E-state index in [-0.39, 0.29) is 12.1 Å². The van der Waals surface area contributed by atoms with Crippen LogP contribution in [0.25, 0.3) is 6.08 Å². The molecule has 1 aromatic carbocycles. The molecule has 5 heteroatoms. The van der Waals surface area contributed by atoms with Gasteiger partial charge in [0.25, 0.3) is 0 Å². The lowest BCUT2D eigenvalue weighted by atomic mass is 10.2. The third-order valence-corrected chi connectivity index (χ3v) is 2.36. The second-order valence-electron chi connectivity index (χ2n) is 4.40. The summed E-state index contributed by atoms with van der Waals surface area (Å²) < 4.78 is 9.60. The Labute approximate surface area is 123 Å². The molecule has 1 saturated heterocycles. The third kappa shape index (κ3) is 8.39. The minimum atomic E-state index is -1.17. The number of carboxylic acid groups (broad SMARTS) is 1. The topological polar surface area (TPSA) is 79.0 Å². The number of hydrogen-bond donors (Lipinski definition) is 0. The van der Waals surface area contributed by atoms with E-state index in [1.165, 1.54) is 6.08 Å². The highest BCUT2D eigenvalue weighted by atomic mass is 16.6. The first-order valence-electron chi connectivity index (χ1n) is 6.37. The molecule has 0 amide bonds. The number of ether oxygens (including phenoxy) is 2. The molecule has 0 N–H and O–H groups in total. The van der Waals surface area contributed by atoms with Gasteiger partial charge >= 0.3 is 5.97 Å². The molecule has 0 spiro atoms. The molecule has 1 heterocycles. The zero-order valence-corrected chi connectivity index (χ0v) is 11.8. The number of hydrogen-bond acceptors (Lipinski definition) is 5. The zero-order valence-electron chi connectivity index (χ0n) is 11.8. The molecule has 1 aromatic rings. The van der Waals surface area contributed by atoms with Gasteiger partial charge in [0.2, 0.25) is 0 Å². The predicted molar refractivity (Wildman–Crippen MR) is 76.0 cm³/mol. The van der Waals surface area contributed by atoms with Crippen LogP contribution in [0.4, 0.5) is 0 Å². The number of carboxylic acids is 1. The lowest BCUT2D eigenvalue weighted by Crippen LogP contribution is -2.18. The Balaban J connectivity index is 0.000000211. The average molecular weight is 289 g/mol. The Bertz CT molecular complexity index is 515. The van der Waals surface area contributed by atoms with Gasteiger partial charge in [-0.05, 0) is 18.6 Å². The van der Waals surface area contributed by atoms with Crippen LogP contribution in [0.3, 0.4) is 0 Å². The lowest BCUT2D eigenvalue weighted by Gasteiger charge is -1.99. The first kappa shape index (κ1) is 16.7. The van der Waals surface area contributed by atoms with E-state index in [4.69, 9.17) is 9.47 Å². The molecule has 0 saturated carbocycles. The normalized spacial score (nSPS) is 15.8. The van der Waals surface area contributed by atoms with Crippen LogP contribution < -0.4 is 5.11 Å². The Morgan fingerprint density at radius 2 is 2.05 bits per heavy atom. The highest BCUT2D eigenvalue weighted by molar-refractivity contribution is 5.86. The van der Waals surface area contributed by atoms with Crippen molar-refractivity contribution in [1.82, 2.24) is 0 Å². The van der Waals surface area contributed by atoms with Crippen LogP contribution in [0.2, 0.25) is 0 Å². The second kappa shape index (κ2) is 8.71. The SMILES string of the molecule is C=C(C)C(=O)OCC1CO1.O=C([O-])/C=C/c1ccccc1. The Kier molecular flexibility index (Phi) is 6.91. The van der Waals surface area contributed by atoms with Crippen LogP contribution in [-0.4, -0.2) is 31.3 Å². The summed E-state index contributed by atoms with van der Waals surface area (Å²) in [5.74, 6) is -1.51. The first-order chi connectivity index (χ1) is 9.99. The molecule has 1 atom stereocenters. The number of rotatable bonds is 5. The fourth-order valence-corrected chi connectivity index (χ4v) is 1.18. The van der Waals surface area contributed by atoms with E-state index < -0.39 is 5.97 Å². The summed E-state index contributed by atoms with van der Waals surface area (Å²) in [4.78, 5) is 20.7. The Morgan fingerprint density at radius 3 is 2.52 bits per heavy atom. The third-order valence-electron chi connectivity index (χ3n) is 2.36. The molecule has 2 rings (SSSR count). The number of carbonyl (C=O) groups excluding carboxylic acids is 2. The van der Waals surface area contributed by atoms with Crippen LogP contribution in [-0.2, 0) is 19.1 Å². The maximum absolute atomic E-state index is 10.7. The van der Waals surface area contributed by atoms with Gasteiger partial charge in [-0.1, -0.05) is 43.0 Å². The van der Waals surface area contributed by atoms with Gasteiger partial charge in [0, 0.05) is 5.57 Å². The van der Waals surface area contributed by atoms with Crippen LogP contribution >= 0.6 is 0 Å². The van der Waals surface area contributed by atoms with Gasteiger partial charge in [-0.15, -0.1) is 0 Å². The van der Waals surface area contributed by atoms with E-state index >= 15 is 0 Å². The number of aliphatic carboxylic acids is 1. The molecule has 0 radical (unpaired) electrons. The summed E-state index contributed by atoms with van der Waals surface area (Å²) in [6.07, 6.45) is 2.65. The molecule has 1 aliphatic rings. The standard InChI is InChI=1S/C9H8O2.C7H10O3/c10-9(11)7-6-8-4-2-1-3-5-8;1-5(2)7(8)10-4-6-3-9-6/h1-7H,(H,10,11);6H,1,3-4H2,2H3/p-1/b7-6+;. The summed E-state index contributed by atoms with van der Waals surface area (Å²) in [6, 6.07) is 9.19. The summed E-state index contributed by atoms with van der Waals surface area (Å²) in [5.41, 5.74) is 1.29. The maximum atomic E-state index is 10.7. The van der Waals surface area contributed by atoms with Crippen molar-refractivity contribution in [2.45, 2.75) is 13.0 Å². The van der Waals surface area contributed by atoms with Crippen molar-refractivity contribution in [3.63, 3.8) is 0 Å². The number of esters is 1. The molecular weight excluding hydrogens is 272 g/mol. The molecule has 0 aromatic heterocycles. The van der Waals surface area contributed by atoms with Crippen LogP contribution in [0.5, 0.6) is 0 Å². The van der Waals surface area contributed by atoms with E-state index in [1.807, 2.05) is 30.3 Å². The summed E-state index contributed by atoms with van der Waals surface area (Å²) in [6.45, 7) is 6.14. The molecule has 1 aliphatic heterocycles. The lowest BCUT2D eigenvalue weighted by molar-refractivity contribution is -0.297. The van der Waals surface area contributed by atoms with Crippen molar-refractivity contribution in [2.24, 2.45) is 0 Å². The molecule has 21 heavy (non-hydrogen) atoms. The summed E-state index contributed by atoms with van der Waals surface area (Å²) in [7, 11) is 0. The fraction of sp³-hybridized carbons (Fsp3) is 0.250. The summed E-state index contributed by atoms with van der Waals surface area (Å²) >= 11 is 0. The van der Waals surface area contributed by atoms with Gasteiger partial charge in [0.1, 0.15) is 12.7 Å². The van der Waals surface area contributed by atoms with Crippen molar-refractivity contribution < 1.29 is 24.2 Å². The zero-order chi connectivity index (χ0) is 15.7. The minimum Gasteiger partial charge on any atom is -0.545 e. The van der Waals surface area contributed by atoms with Gasteiger partial charge in [0.05, 0.1) is 12.6 Å². The molecule has 1 unspecified atom stereocenters. The second-order valence-corrected chi connectivity index (χ2v) is 4.40. The predicted octanol–water partition coefficient (Wildman–Crippen LogP) is 0.954.